The van der Waals surface area contributed by atoms with E-state index in [0.717, 1.165) is 38.1 Å². The van der Waals surface area contributed by atoms with Gasteiger partial charge in [0, 0.05) is 26.1 Å². The van der Waals surface area contributed by atoms with Gasteiger partial charge < -0.3 is 14.7 Å². The van der Waals surface area contributed by atoms with E-state index in [-0.39, 0.29) is 12.5 Å². The third kappa shape index (κ3) is 5.05. The topological polar surface area (TPSA) is 49.8 Å². The second-order valence-corrected chi connectivity index (χ2v) is 5.78. The summed E-state index contributed by atoms with van der Waals surface area (Å²) in [6, 6.07) is 7.95. The lowest BCUT2D eigenvalue weighted by Crippen LogP contribution is -2.28. The fourth-order valence-corrected chi connectivity index (χ4v) is 2.75. The summed E-state index contributed by atoms with van der Waals surface area (Å²) < 4.78 is 5.66. The van der Waals surface area contributed by atoms with E-state index in [1.54, 1.807) is 0 Å². The molecule has 1 heterocycles. The summed E-state index contributed by atoms with van der Waals surface area (Å²) in [4.78, 5) is 14.0. The Morgan fingerprint density at radius 3 is 3.10 bits per heavy atom. The van der Waals surface area contributed by atoms with Gasteiger partial charge in [-0.2, -0.15) is 0 Å². The van der Waals surface area contributed by atoms with E-state index in [1.807, 2.05) is 36.1 Å². The van der Waals surface area contributed by atoms with E-state index in [9.17, 15) is 4.79 Å². The van der Waals surface area contributed by atoms with Crippen molar-refractivity contribution in [3.8, 4) is 5.75 Å². The summed E-state index contributed by atoms with van der Waals surface area (Å²) in [6.45, 7) is 4.47. The lowest BCUT2D eigenvalue weighted by Gasteiger charge is -2.16. The van der Waals surface area contributed by atoms with E-state index in [1.165, 1.54) is 5.56 Å². The molecule has 1 amide bonds. The number of likely N-dealkylation sites (tertiary alicyclic amines) is 1. The van der Waals surface area contributed by atoms with Gasteiger partial charge in [-0.15, -0.1) is 0 Å². The number of aryl methyl sites for hydroxylation is 1. The molecule has 1 unspecified atom stereocenters. The molecule has 2 rings (SSSR count). The molecule has 4 heteroatoms. The molecule has 0 bridgehead atoms. The highest BCUT2D eigenvalue weighted by atomic mass is 16.5. The molecule has 1 aliphatic heterocycles. The third-order valence-electron chi connectivity index (χ3n) is 3.97. The van der Waals surface area contributed by atoms with Crippen LogP contribution in [0.3, 0.4) is 0 Å². The monoisotopic (exact) mass is 291 g/mol. The van der Waals surface area contributed by atoms with Crippen LogP contribution in [0.2, 0.25) is 0 Å². The average molecular weight is 291 g/mol. The lowest BCUT2D eigenvalue weighted by atomic mass is 10.1. The summed E-state index contributed by atoms with van der Waals surface area (Å²) in [6.07, 6.45) is 3.11. The maximum Gasteiger partial charge on any atom is 0.222 e. The van der Waals surface area contributed by atoms with Crippen LogP contribution >= 0.6 is 0 Å². The Kier molecular flexibility index (Phi) is 6.05. The number of ether oxygens (including phenoxy) is 1. The Morgan fingerprint density at radius 1 is 1.48 bits per heavy atom. The van der Waals surface area contributed by atoms with Crippen molar-refractivity contribution < 1.29 is 14.6 Å². The average Bonchev–Trinajstić information content (AvgIpc) is 2.93. The summed E-state index contributed by atoms with van der Waals surface area (Å²) in [5, 5.41) is 8.93. The number of carbonyl (C=O) groups is 1. The van der Waals surface area contributed by atoms with Crippen LogP contribution in [0.15, 0.2) is 24.3 Å². The van der Waals surface area contributed by atoms with Crippen molar-refractivity contribution in [2.45, 2.75) is 32.6 Å². The largest absolute Gasteiger partial charge is 0.494 e. The minimum absolute atomic E-state index is 0.211. The Bertz CT molecular complexity index is 461. The molecule has 1 fully saturated rings. The first-order valence-corrected chi connectivity index (χ1v) is 7.77. The number of hydrogen-bond acceptors (Lipinski definition) is 3. The van der Waals surface area contributed by atoms with Crippen LogP contribution in [0, 0.1) is 12.8 Å². The molecule has 1 N–H and O–H groups in total. The van der Waals surface area contributed by atoms with Crippen LogP contribution in [-0.2, 0) is 4.79 Å². The molecule has 0 radical (unpaired) electrons. The fourth-order valence-electron chi connectivity index (χ4n) is 2.75. The zero-order chi connectivity index (χ0) is 15.1. The first-order chi connectivity index (χ1) is 10.2. The van der Waals surface area contributed by atoms with Crippen molar-refractivity contribution in [3.05, 3.63) is 29.8 Å². The molecular formula is C17H25NO3. The quantitative estimate of drug-likeness (QED) is 0.785. The third-order valence-corrected chi connectivity index (χ3v) is 3.97. The number of aliphatic hydroxyl groups excluding tert-OH is 1. The van der Waals surface area contributed by atoms with Crippen LogP contribution in [0.1, 0.15) is 31.2 Å². The molecule has 21 heavy (non-hydrogen) atoms. The van der Waals surface area contributed by atoms with Gasteiger partial charge in [0.1, 0.15) is 5.75 Å². The van der Waals surface area contributed by atoms with Crippen molar-refractivity contribution in [2.75, 3.05) is 26.3 Å². The fraction of sp³-hybridized carbons (Fsp3) is 0.588. The predicted octanol–water partition coefficient (Wildman–Crippen LogP) is 2.38. The predicted molar refractivity (Wildman–Crippen MR) is 82.3 cm³/mol. The molecule has 1 aliphatic rings. The lowest BCUT2D eigenvalue weighted by molar-refractivity contribution is -0.130. The number of aliphatic hydroxyl groups is 1. The van der Waals surface area contributed by atoms with Crippen molar-refractivity contribution >= 4 is 5.91 Å². The molecule has 0 aliphatic carbocycles. The highest BCUT2D eigenvalue weighted by Gasteiger charge is 2.25. The van der Waals surface area contributed by atoms with Gasteiger partial charge in [0.2, 0.25) is 5.91 Å². The Balaban J connectivity index is 1.63. The van der Waals surface area contributed by atoms with Crippen molar-refractivity contribution in [1.82, 2.24) is 4.90 Å². The van der Waals surface area contributed by atoms with Crippen LogP contribution in [-0.4, -0.2) is 42.2 Å². The summed E-state index contributed by atoms with van der Waals surface area (Å²) >= 11 is 0. The minimum atomic E-state index is 0.211. The zero-order valence-corrected chi connectivity index (χ0v) is 12.8. The number of rotatable bonds is 7. The first-order valence-electron chi connectivity index (χ1n) is 7.77. The standard InChI is InChI=1S/C17H25NO3/c1-14-4-2-5-16(12-14)21-11-3-6-17(20)18-9-7-15(13-18)8-10-19/h2,4-5,12,15,19H,3,6-11,13H2,1H3. The van der Waals surface area contributed by atoms with E-state index in [4.69, 9.17) is 9.84 Å². The van der Waals surface area contributed by atoms with E-state index in [0.29, 0.717) is 18.9 Å². The second kappa shape index (κ2) is 8.03. The van der Waals surface area contributed by atoms with Gasteiger partial charge >= 0.3 is 0 Å². The smallest absolute Gasteiger partial charge is 0.222 e. The van der Waals surface area contributed by atoms with Gasteiger partial charge in [-0.25, -0.2) is 0 Å². The zero-order valence-electron chi connectivity index (χ0n) is 12.8. The van der Waals surface area contributed by atoms with Gasteiger partial charge in [0.05, 0.1) is 6.61 Å². The summed E-state index contributed by atoms with van der Waals surface area (Å²) in [7, 11) is 0. The van der Waals surface area contributed by atoms with Gasteiger partial charge in [0.25, 0.3) is 0 Å². The molecule has 1 atom stereocenters. The van der Waals surface area contributed by atoms with E-state index < -0.39 is 0 Å². The number of hydrogen-bond donors (Lipinski definition) is 1. The molecule has 116 valence electrons. The van der Waals surface area contributed by atoms with Gasteiger partial charge in [-0.05, 0) is 49.8 Å². The molecule has 1 saturated heterocycles. The van der Waals surface area contributed by atoms with Crippen LogP contribution in [0.5, 0.6) is 5.75 Å². The molecule has 0 aromatic heterocycles. The Hall–Kier alpha value is -1.55. The normalized spacial score (nSPS) is 18.0. The van der Waals surface area contributed by atoms with E-state index >= 15 is 0 Å². The Labute approximate surface area is 126 Å². The van der Waals surface area contributed by atoms with Crippen molar-refractivity contribution in [2.24, 2.45) is 5.92 Å². The van der Waals surface area contributed by atoms with Crippen LogP contribution in [0.25, 0.3) is 0 Å². The van der Waals surface area contributed by atoms with Crippen molar-refractivity contribution in [1.29, 1.82) is 0 Å². The first kappa shape index (κ1) is 15.8. The van der Waals surface area contributed by atoms with E-state index in [2.05, 4.69) is 0 Å². The highest BCUT2D eigenvalue weighted by molar-refractivity contribution is 5.76. The van der Waals surface area contributed by atoms with Gasteiger partial charge in [-0.1, -0.05) is 12.1 Å². The van der Waals surface area contributed by atoms with Gasteiger partial charge in [-0.3, -0.25) is 4.79 Å². The molecule has 1 aromatic carbocycles. The van der Waals surface area contributed by atoms with Crippen LogP contribution < -0.4 is 4.74 Å². The summed E-state index contributed by atoms with van der Waals surface area (Å²) in [5.41, 5.74) is 1.18. The second-order valence-electron chi connectivity index (χ2n) is 5.78. The molecular weight excluding hydrogens is 266 g/mol. The molecule has 0 spiro atoms. The van der Waals surface area contributed by atoms with Gasteiger partial charge in [0.15, 0.2) is 0 Å². The highest BCUT2D eigenvalue weighted by Crippen LogP contribution is 2.20. The molecule has 0 saturated carbocycles. The molecule has 1 aromatic rings. The molecule has 4 nitrogen and oxygen atoms in total. The SMILES string of the molecule is Cc1cccc(OCCCC(=O)N2CCC(CCO)C2)c1. The number of carbonyl (C=O) groups excluding carboxylic acids is 1. The number of amides is 1. The minimum Gasteiger partial charge on any atom is -0.494 e. The Morgan fingerprint density at radius 2 is 2.33 bits per heavy atom. The summed E-state index contributed by atoms with van der Waals surface area (Å²) in [5.74, 6) is 1.55. The maximum absolute atomic E-state index is 12.1. The van der Waals surface area contributed by atoms with Crippen LogP contribution in [0.4, 0.5) is 0 Å². The number of nitrogens with zero attached hydrogens (tertiary/aromatic N) is 1. The number of benzene rings is 1. The maximum atomic E-state index is 12.1. The van der Waals surface area contributed by atoms with Crippen molar-refractivity contribution in [3.63, 3.8) is 0 Å².